The molecule has 1 saturated heterocycles. The Kier molecular flexibility index (Phi) is 4.73. The number of ether oxygens (including phenoxy) is 2. The second-order valence-corrected chi connectivity index (χ2v) is 4.46. The molecule has 0 N–H and O–H groups in total. The number of carbonyl (C=O) groups is 1. The van der Waals surface area contributed by atoms with Crippen LogP contribution in [-0.4, -0.2) is 50.3 Å². The van der Waals surface area contributed by atoms with Gasteiger partial charge in [-0.05, 0) is 19.1 Å². The summed E-state index contributed by atoms with van der Waals surface area (Å²) in [7, 11) is 0. The van der Waals surface area contributed by atoms with Crippen LogP contribution in [0.25, 0.3) is 0 Å². The van der Waals surface area contributed by atoms with Crippen molar-refractivity contribution in [2.24, 2.45) is 0 Å². The van der Waals surface area contributed by atoms with E-state index in [1.807, 2.05) is 25.1 Å². The molecule has 4 heteroatoms. The lowest BCUT2D eigenvalue weighted by atomic mass is 10.1. The standard InChI is InChI=1S/C14H19NO3/c1-12-3-2-4-13(11-12)14(16)18-10-7-15-5-8-17-9-6-15/h2-4,11H,5-10H2,1H3. The number of carbonyl (C=O) groups excluding carboxylic acids is 1. The molecule has 1 fully saturated rings. The van der Waals surface area contributed by atoms with Crippen LogP contribution in [0.1, 0.15) is 15.9 Å². The number of hydrogen-bond acceptors (Lipinski definition) is 4. The van der Waals surface area contributed by atoms with Gasteiger partial charge in [0.2, 0.25) is 0 Å². The van der Waals surface area contributed by atoms with Gasteiger partial charge in [0.05, 0.1) is 18.8 Å². The fourth-order valence-electron chi connectivity index (χ4n) is 1.95. The van der Waals surface area contributed by atoms with Gasteiger partial charge in [-0.1, -0.05) is 17.7 Å². The van der Waals surface area contributed by atoms with Gasteiger partial charge in [0.1, 0.15) is 6.61 Å². The van der Waals surface area contributed by atoms with Crippen molar-refractivity contribution in [3.63, 3.8) is 0 Å². The van der Waals surface area contributed by atoms with Crippen LogP contribution in [0.15, 0.2) is 24.3 Å². The van der Waals surface area contributed by atoms with Crippen LogP contribution >= 0.6 is 0 Å². The number of esters is 1. The molecule has 2 rings (SSSR count). The molecule has 0 bridgehead atoms. The highest BCUT2D eigenvalue weighted by atomic mass is 16.5. The van der Waals surface area contributed by atoms with Gasteiger partial charge in [-0.25, -0.2) is 4.79 Å². The third-order valence-corrected chi connectivity index (χ3v) is 3.00. The summed E-state index contributed by atoms with van der Waals surface area (Å²) >= 11 is 0. The molecule has 0 unspecified atom stereocenters. The van der Waals surface area contributed by atoms with E-state index in [4.69, 9.17) is 9.47 Å². The van der Waals surface area contributed by atoms with Crippen molar-refractivity contribution in [3.8, 4) is 0 Å². The van der Waals surface area contributed by atoms with Gasteiger partial charge in [-0.15, -0.1) is 0 Å². The summed E-state index contributed by atoms with van der Waals surface area (Å²) in [4.78, 5) is 14.0. The van der Waals surface area contributed by atoms with Crippen molar-refractivity contribution < 1.29 is 14.3 Å². The van der Waals surface area contributed by atoms with Crippen molar-refractivity contribution >= 4 is 5.97 Å². The number of hydrogen-bond donors (Lipinski definition) is 0. The van der Waals surface area contributed by atoms with Crippen LogP contribution in [0.4, 0.5) is 0 Å². The monoisotopic (exact) mass is 249 g/mol. The average Bonchev–Trinajstić information content (AvgIpc) is 2.40. The first kappa shape index (κ1) is 13.1. The first-order valence-corrected chi connectivity index (χ1v) is 6.29. The smallest absolute Gasteiger partial charge is 0.338 e. The average molecular weight is 249 g/mol. The Labute approximate surface area is 107 Å². The molecule has 0 amide bonds. The summed E-state index contributed by atoms with van der Waals surface area (Å²) in [6.45, 7) is 6.56. The number of morpholine rings is 1. The van der Waals surface area contributed by atoms with Crippen molar-refractivity contribution in [1.29, 1.82) is 0 Å². The van der Waals surface area contributed by atoms with Gasteiger partial charge in [-0.2, -0.15) is 0 Å². The van der Waals surface area contributed by atoms with Crippen LogP contribution < -0.4 is 0 Å². The lowest BCUT2D eigenvalue weighted by Gasteiger charge is -2.26. The number of benzene rings is 1. The molecule has 0 spiro atoms. The van der Waals surface area contributed by atoms with Crippen LogP contribution in [0.3, 0.4) is 0 Å². The highest BCUT2D eigenvalue weighted by Gasteiger charge is 2.11. The SMILES string of the molecule is Cc1cccc(C(=O)OCCN2CCOCC2)c1. The topological polar surface area (TPSA) is 38.8 Å². The first-order chi connectivity index (χ1) is 8.75. The molecule has 0 atom stereocenters. The fourth-order valence-corrected chi connectivity index (χ4v) is 1.95. The van der Waals surface area contributed by atoms with Crippen molar-refractivity contribution in [2.45, 2.75) is 6.92 Å². The molecule has 0 radical (unpaired) electrons. The Morgan fingerprint density at radius 1 is 1.39 bits per heavy atom. The molecule has 18 heavy (non-hydrogen) atoms. The molecule has 1 aromatic rings. The summed E-state index contributed by atoms with van der Waals surface area (Å²) in [6.07, 6.45) is 0. The van der Waals surface area contributed by atoms with E-state index >= 15 is 0 Å². The molecule has 0 aromatic heterocycles. The van der Waals surface area contributed by atoms with Crippen LogP contribution in [-0.2, 0) is 9.47 Å². The van der Waals surface area contributed by atoms with Crippen molar-refractivity contribution in [3.05, 3.63) is 35.4 Å². The van der Waals surface area contributed by atoms with Gasteiger partial charge < -0.3 is 9.47 Å². The van der Waals surface area contributed by atoms with Crippen molar-refractivity contribution in [2.75, 3.05) is 39.5 Å². The first-order valence-electron chi connectivity index (χ1n) is 6.29. The van der Waals surface area contributed by atoms with Gasteiger partial charge in [-0.3, -0.25) is 4.90 Å². The molecular formula is C14H19NO3. The maximum atomic E-state index is 11.8. The third-order valence-electron chi connectivity index (χ3n) is 3.00. The predicted molar refractivity (Wildman–Crippen MR) is 68.7 cm³/mol. The maximum Gasteiger partial charge on any atom is 0.338 e. The second-order valence-electron chi connectivity index (χ2n) is 4.46. The van der Waals surface area contributed by atoms with Gasteiger partial charge in [0.15, 0.2) is 0 Å². The lowest BCUT2D eigenvalue weighted by molar-refractivity contribution is 0.0195. The van der Waals surface area contributed by atoms with E-state index in [0.717, 1.165) is 38.4 Å². The minimum absolute atomic E-state index is 0.244. The molecule has 1 aliphatic heterocycles. The third kappa shape index (κ3) is 3.82. The molecule has 1 aromatic carbocycles. The normalized spacial score (nSPS) is 16.5. The highest BCUT2D eigenvalue weighted by Crippen LogP contribution is 2.05. The second kappa shape index (κ2) is 6.52. The van der Waals surface area contributed by atoms with Crippen LogP contribution in [0, 0.1) is 6.92 Å². The van der Waals surface area contributed by atoms with Gasteiger partial charge >= 0.3 is 5.97 Å². The predicted octanol–water partition coefficient (Wildman–Crippen LogP) is 1.48. The summed E-state index contributed by atoms with van der Waals surface area (Å²) < 4.78 is 10.5. The Morgan fingerprint density at radius 2 is 2.17 bits per heavy atom. The lowest BCUT2D eigenvalue weighted by Crippen LogP contribution is -2.38. The number of rotatable bonds is 4. The number of aryl methyl sites for hydroxylation is 1. The molecule has 98 valence electrons. The number of nitrogens with zero attached hydrogens (tertiary/aromatic N) is 1. The van der Waals surface area contributed by atoms with Crippen LogP contribution in [0.5, 0.6) is 0 Å². The molecule has 0 saturated carbocycles. The molecular weight excluding hydrogens is 230 g/mol. The van der Waals surface area contributed by atoms with Crippen molar-refractivity contribution in [1.82, 2.24) is 4.90 Å². The van der Waals surface area contributed by atoms with E-state index in [1.165, 1.54) is 0 Å². The summed E-state index contributed by atoms with van der Waals surface area (Å²) in [5.74, 6) is -0.244. The molecule has 1 aliphatic rings. The largest absolute Gasteiger partial charge is 0.461 e. The minimum atomic E-state index is -0.244. The Balaban J connectivity index is 1.74. The highest BCUT2D eigenvalue weighted by molar-refractivity contribution is 5.89. The van der Waals surface area contributed by atoms with E-state index in [0.29, 0.717) is 12.2 Å². The quantitative estimate of drug-likeness (QED) is 0.758. The van der Waals surface area contributed by atoms with E-state index in [9.17, 15) is 4.79 Å². The Bertz CT molecular complexity index is 400. The molecule has 0 aliphatic carbocycles. The van der Waals surface area contributed by atoms with E-state index in [2.05, 4.69) is 4.90 Å². The van der Waals surface area contributed by atoms with E-state index in [-0.39, 0.29) is 5.97 Å². The van der Waals surface area contributed by atoms with Crippen LogP contribution in [0.2, 0.25) is 0 Å². The minimum Gasteiger partial charge on any atom is -0.461 e. The summed E-state index contributed by atoms with van der Waals surface area (Å²) in [5, 5.41) is 0. The van der Waals surface area contributed by atoms with E-state index in [1.54, 1.807) is 6.07 Å². The summed E-state index contributed by atoms with van der Waals surface area (Å²) in [6, 6.07) is 7.46. The zero-order chi connectivity index (χ0) is 12.8. The Morgan fingerprint density at radius 3 is 2.89 bits per heavy atom. The Hall–Kier alpha value is -1.39. The van der Waals surface area contributed by atoms with Gasteiger partial charge in [0, 0.05) is 19.6 Å². The molecule has 1 heterocycles. The molecule has 4 nitrogen and oxygen atoms in total. The zero-order valence-electron chi connectivity index (χ0n) is 10.7. The zero-order valence-corrected chi connectivity index (χ0v) is 10.7. The fraction of sp³-hybridized carbons (Fsp3) is 0.500. The van der Waals surface area contributed by atoms with Gasteiger partial charge in [0.25, 0.3) is 0 Å². The maximum absolute atomic E-state index is 11.8. The van der Waals surface area contributed by atoms with E-state index < -0.39 is 0 Å². The summed E-state index contributed by atoms with van der Waals surface area (Å²) in [5.41, 5.74) is 1.69.